The Morgan fingerprint density at radius 1 is 0.380 bits per heavy atom. The van der Waals surface area contributed by atoms with Gasteiger partial charge in [-0.1, -0.05) is 153 Å². The minimum Gasteiger partial charge on any atom is -0.135 e. The van der Waals surface area contributed by atoms with E-state index in [4.69, 9.17) is 0 Å². The van der Waals surface area contributed by atoms with Crippen molar-refractivity contribution in [3.8, 4) is 33.4 Å². The summed E-state index contributed by atoms with van der Waals surface area (Å²) in [7, 11) is 0. The van der Waals surface area contributed by atoms with Crippen LogP contribution in [0.15, 0.2) is 158 Å². The van der Waals surface area contributed by atoms with E-state index >= 15 is 0 Å². The van der Waals surface area contributed by atoms with Crippen molar-refractivity contribution in [1.29, 1.82) is 0 Å². The maximum atomic E-state index is 2.50. The van der Waals surface area contributed by atoms with Crippen molar-refractivity contribution in [3.63, 3.8) is 0 Å². The maximum Gasteiger partial charge on any atom is 0.0440 e. The van der Waals surface area contributed by atoms with Crippen LogP contribution in [0, 0.1) is 0 Å². The maximum absolute atomic E-state index is 2.50. The summed E-state index contributed by atoms with van der Waals surface area (Å²) in [6, 6.07) is 59.2. The molecule has 9 aromatic carbocycles. The highest BCUT2D eigenvalue weighted by Gasteiger charge is 2.37. The Labute approximate surface area is 294 Å². The van der Waals surface area contributed by atoms with Crippen molar-refractivity contribution in [3.05, 3.63) is 169 Å². The highest BCUT2D eigenvalue weighted by Crippen LogP contribution is 2.54. The summed E-state index contributed by atoms with van der Waals surface area (Å²) in [6.07, 6.45) is 0. The quantitative estimate of drug-likeness (QED) is 0.163. The molecular formula is C49H32S. The van der Waals surface area contributed by atoms with Crippen molar-refractivity contribution in [2.75, 3.05) is 0 Å². The third kappa shape index (κ3) is 3.71. The third-order valence-corrected chi connectivity index (χ3v) is 12.6. The predicted molar refractivity (Wildman–Crippen MR) is 218 cm³/mol. The molecule has 1 aliphatic carbocycles. The number of thiophene rings is 1. The van der Waals surface area contributed by atoms with Gasteiger partial charge >= 0.3 is 0 Å². The highest BCUT2D eigenvalue weighted by molar-refractivity contribution is 7.26. The fourth-order valence-corrected chi connectivity index (χ4v) is 10.4. The second-order valence-electron chi connectivity index (χ2n) is 14.4. The van der Waals surface area contributed by atoms with Gasteiger partial charge in [-0.2, -0.15) is 0 Å². The van der Waals surface area contributed by atoms with Crippen molar-refractivity contribution in [1.82, 2.24) is 0 Å². The minimum atomic E-state index is -0.105. The van der Waals surface area contributed by atoms with E-state index in [2.05, 4.69) is 172 Å². The normalized spacial score (nSPS) is 13.6. The second kappa shape index (κ2) is 10.1. The number of hydrogen-bond acceptors (Lipinski definition) is 1. The molecule has 50 heavy (non-hydrogen) atoms. The standard InChI is InChI=1S/C49H32S/c1-49(2)41-26-24-29-13-3-5-15-32(29)45(41)39-25-23-31(28-42(39)49)44-35-18-7-9-20-37(35)46(38-21-10-8-19-36(38)44)47-33-16-6-4-14-30(33)27-40-34-17-11-12-22-43(34)50-48(40)47/h3-28H,1-2H3. The zero-order valence-electron chi connectivity index (χ0n) is 27.9. The Balaban J connectivity index is 1.25. The zero-order valence-corrected chi connectivity index (χ0v) is 28.7. The zero-order chi connectivity index (χ0) is 33.1. The van der Waals surface area contributed by atoms with Crippen molar-refractivity contribution < 1.29 is 0 Å². The van der Waals surface area contributed by atoms with Crippen molar-refractivity contribution in [2.45, 2.75) is 19.3 Å². The molecule has 0 unspecified atom stereocenters. The summed E-state index contributed by atoms with van der Waals surface area (Å²) >= 11 is 1.92. The van der Waals surface area contributed by atoms with Gasteiger partial charge in [-0.15, -0.1) is 11.3 Å². The van der Waals surface area contributed by atoms with Gasteiger partial charge in [-0.25, -0.2) is 0 Å². The minimum absolute atomic E-state index is 0.105. The summed E-state index contributed by atoms with van der Waals surface area (Å²) in [6.45, 7) is 4.79. The van der Waals surface area contributed by atoms with E-state index in [9.17, 15) is 0 Å². The van der Waals surface area contributed by atoms with E-state index < -0.39 is 0 Å². The molecule has 1 heterocycles. The first-order chi connectivity index (χ1) is 24.6. The third-order valence-electron chi connectivity index (χ3n) is 11.4. The molecule has 1 aromatic heterocycles. The highest BCUT2D eigenvalue weighted by atomic mass is 32.1. The fraction of sp³-hybridized carbons (Fsp3) is 0.0612. The molecule has 0 saturated carbocycles. The number of benzene rings is 9. The van der Waals surface area contributed by atoms with Gasteiger partial charge in [-0.3, -0.25) is 0 Å². The molecule has 234 valence electrons. The monoisotopic (exact) mass is 652 g/mol. The van der Waals surface area contributed by atoms with E-state index in [-0.39, 0.29) is 5.41 Å². The molecule has 0 aliphatic heterocycles. The predicted octanol–water partition coefficient (Wildman–Crippen LogP) is 14.3. The van der Waals surface area contributed by atoms with E-state index in [1.807, 2.05) is 11.3 Å². The lowest BCUT2D eigenvalue weighted by Gasteiger charge is -2.23. The van der Waals surface area contributed by atoms with Crippen LogP contribution in [0.5, 0.6) is 0 Å². The Kier molecular flexibility index (Phi) is 5.70. The molecule has 0 bridgehead atoms. The molecule has 0 fully saturated rings. The number of fused-ring (bicyclic) bond motifs is 11. The van der Waals surface area contributed by atoms with Crippen LogP contribution in [0.4, 0.5) is 0 Å². The van der Waals surface area contributed by atoms with Crippen LogP contribution < -0.4 is 0 Å². The molecule has 0 saturated heterocycles. The largest absolute Gasteiger partial charge is 0.135 e. The van der Waals surface area contributed by atoms with Gasteiger partial charge in [0.15, 0.2) is 0 Å². The Morgan fingerprint density at radius 3 is 1.64 bits per heavy atom. The van der Waals surface area contributed by atoms with Gasteiger partial charge in [-0.05, 0) is 100 Å². The van der Waals surface area contributed by atoms with Gasteiger partial charge in [0.25, 0.3) is 0 Å². The topological polar surface area (TPSA) is 0 Å². The molecule has 0 spiro atoms. The summed E-state index contributed by atoms with van der Waals surface area (Å²) < 4.78 is 2.69. The smallest absolute Gasteiger partial charge is 0.0440 e. The lowest BCUT2D eigenvalue weighted by molar-refractivity contribution is 0.661. The number of rotatable bonds is 2. The van der Waals surface area contributed by atoms with Gasteiger partial charge in [0, 0.05) is 31.2 Å². The van der Waals surface area contributed by atoms with Gasteiger partial charge in [0.05, 0.1) is 0 Å². The molecule has 0 nitrogen and oxygen atoms in total. The lowest BCUT2D eigenvalue weighted by atomic mass is 9.80. The Hall–Kier alpha value is -5.76. The molecule has 0 radical (unpaired) electrons. The molecule has 10 aromatic rings. The molecule has 0 atom stereocenters. The average molecular weight is 653 g/mol. The van der Waals surface area contributed by atoms with E-state index in [0.29, 0.717) is 0 Å². The summed E-state index contributed by atoms with van der Waals surface area (Å²) in [4.78, 5) is 0. The van der Waals surface area contributed by atoms with Crippen LogP contribution in [-0.2, 0) is 5.41 Å². The SMILES string of the molecule is CC1(C)c2cc(-c3c4ccccc4c(-c4c5ccccc5cc5c4sc4ccccc45)c4ccccc34)ccc2-c2c1ccc1ccccc21. The van der Waals surface area contributed by atoms with E-state index in [1.165, 1.54) is 108 Å². The van der Waals surface area contributed by atoms with Gasteiger partial charge in [0.2, 0.25) is 0 Å². The summed E-state index contributed by atoms with van der Waals surface area (Å²) in [5, 5.41) is 13.1. The Morgan fingerprint density at radius 2 is 0.940 bits per heavy atom. The van der Waals surface area contributed by atoms with Crippen LogP contribution in [-0.4, -0.2) is 0 Å². The summed E-state index contributed by atoms with van der Waals surface area (Å²) in [5.74, 6) is 0. The molecular weight excluding hydrogens is 621 g/mol. The first-order valence-corrected chi connectivity index (χ1v) is 18.3. The Bertz CT molecular complexity index is 3010. The van der Waals surface area contributed by atoms with Gasteiger partial charge < -0.3 is 0 Å². The molecule has 0 N–H and O–H groups in total. The van der Waals surface area contributed by atoms with Crippen LogP contribution in [0.1, 0.15) is 25.0 Å². The van der Waals surface area contributed by atoms with E-state index in [0.717, 1.165) is 0 Å². The number of hydrogen-bond donors (Lipinski definition) is 0. The lowest BCUT2D eigenvalue weighted by Crippen LogP contribution is -2.15. The molecule has 1 aliphatic rings. The fourth-order valence-electron chi connectivity index (χ4n) is 9.14. The van der Waals surface area contributed by atoms with Crippen LogP contribution in [0.25, 0.3) is 96.6 Å². The van der Waals surface area contributed by atoms with Crippen molar-refractivity contribution in [2.24, 2.45) is 0 Å². The van der Waals surface area contributed by atoms with Gasteiger partial charge in [0.1, 0.15) is 0 Å². The second-order valence-corrected chi connectivity index (χ2v) is 15.4. The molecule has 1 heteroatoms. The molecule has 0 amide bonds. The van der Waals surface area contributed by atoms with Crippen molar-refractivity contribution >= 4 is 74.6 Å². The average Bonchev–Trinajstić information content (AvgIpc) is 3.64. The van der Waals surface area contributed by atoms with Crippen LogP contribution in [0.2, 0.25) is 0 Å². The van der Waals surface area contributed by atoms with E-state index in [1.54, 1.807) is 0 Å². The van der Waals surface area contributed by atoms with Crippen LogP contribution >= 0.6 is 11.3 Å². The first-order valence-electron chi connectivity index (χ1n) is 17.5. The van der Waals surface area contributed by atoms with Crippen LogP contribution in [0.3, 0.4) is 0 Å². The molecule has 11 rings (SSSR count). The summed E-state index contributed by atoms with van der Waals surface area (Å²) in [5.41, 5.74) is 10.7. The first kappa shape index (κ1) is 28.1.